The Hall–Kier alpha value is -3.62. The fourth-order valence-corrected chi connectivity index (χ4v) is 3.36. The van der Waals surface area contributed by atoms with Crippen LogP contribution >= 0.6 is 0 Å². The molecule has 0 aliphatic carbocycles. The van der Waals surface area contributed by atoms with E-state index in [1.807, 2.05) is 36.1 Å². The van der Waals surface area contributed by atoms with Gasteiger partial charge in [-0.1, -0.05) is 29.8 Å². The van der Waals surface area contributed by atoms with Gasteiger partial charge in [-0.3, -0.25) is 14.5 Å². The summed E-state index contributed by atoms with van der Waals surface area (Å²) in [7, 11) is 0. The van der Waals surface area contributed by atoms with Gasteiger partial charge in [-0.25, -0.2) is 9.18 Å². The zero-order valence-corrected chi connectivity index (χ0v) is 15.7. The molecule has 29 heavy (non-hydrogen) atoms. The molecule has 1 saturated heterocycles. The van der Waals surface area contributed by atoms with Gasteiger partial charge in [0, 0.05) is 23.9 Å². The highest BCUT2D eigenvalue weighted by atomic mass is 19.1. The number of azo groups is 2. The predicted molar refractivity (Wildman–Crippen MR) is 102 cm³/mol. The van der Waals surface area contributed by atoms with Gasteiger partial charge >= 0.3 is 11.8 Å². The molecule has 2 aliphatic heterocycles. The van der Waals surface area contributed by atoms with Gasteiger partial charge in [0.15, 0.2) is 0 Å². The van der Waals surface area contributed by atoms with Crippen LogP contribution < -0.4 is 10.2 Å². The summed E-state index contributed by atoms with van der Waals surface area (Å²) < 4.78 is 14.6. The lowest BCUT2D eigenvalue weighted by Gasteiger charge is -2.27. The van der Waals surface area contributed by atoms with E-state index >= 15 is 0 Å². The Kier molecular flexibility index (Phi) is 4.79. The molecule has 2 aliphatic rings. The summed E-state index contributed by atoms with van der Waals surface area (Å²) in [6.07, 6.45) is -0.704. The molecule has 1 N–H and O–H groups in total. The molecule has 0 aromatic heterocycles. The fourth-order valence-electron chi connectivity index (χ4n) is 3.36. The van der Waals surface area contributed by atoms with E-state index in [-0.39, 0.29) is 5.69 Å². The normalized spacial score (nSPS) is 18.6. The highest BCUT2D eigenvalue weighted by molar-refractivity contribution is 6.32. The summed E-state index contributed by atoms with van der Waals surface area (Å²) in [5, 5.41) is 6.72. The number of hydrogen-bond donors (Lipinski definition) is 1. The Bertz CT molecular complexity index is 1020. The number of rotatable bonds is 4. The number of fused-ring (bicyclic) bond motifs is 1. The van der Waals surface area contributed by atoms with E-state index in [0.29, 0.717) is 13.1 Å². The number of aryl methyl sites for hydroxylation is 1. The second-order valence-electron chi connectivity index (χ2n) is 6.88. The molecule has 0 bridgehead atoms. The van der Waals surface area contributed by atoms with Crippen molar-refractivity contribution >= 4 is 29.1 Å². The van der Waals surface area contributed by atoms with Gasteiger partial charge in [0.05, 0.1) is 5.69 Å². The molecule has 9 heteroatoms. The number of anilines is 2. The minimum Gasteiger partial charge on any atom is -0.326 e. The Labute approximate surface area is 166 Å². The molecular formula is C20H19FN5O3+. The maximum atomic E-state index is 13.7. The van der Waals surface area contributed by atoms with Crippen LogP contribution in [0.5, 0.6) is 0 Å². The number of nitrogens with zero attached hydrogens (tertiary/aromatic N) is 4. The Morgan fingerprint density at radius 3 is 2.55 bits per heavy atom. The largest absolute Gasteiger partial charge is 0.502 e. The van der Waals surface area contributed by atoms with Crippen molar-refractivity contribution in [2.24, 2.45) is 5.11 Å². The Morgan fingerprint density at radius 1 is 1.14 bits per heavy atom. The molecule has 2 aromatic carbocycles. The van der Waals surface area contributed by atoms with Crippen molar-refractivity contribution in [3.63, 3.8) is 0 Å². The lowest BCUT2D eigenvalue weighted by atomic mass is 10.2. The lowest BCUT2D eigenvalue weighted by molar-refractivity contribution is -0.509. The average molecular weight is 396 g/mol. The van der Waals surface area contributed by atoms with Crippen LogP contribution in [0.3, 0.4) is 0 Å². The first kappa shape index (κ1) is 18.7. The van der Waals surface area contributed by atoms with E-state index in [0.717, 1.165) is 15.9 Å². The standard InChI is InChI=1S/C20H18FN5O3/c1-13-6-8-14(9-7-13)24-10-11-25-18(28)19(29)26(23-20(24)25)12-17(27)22-16-5-3-2-4-15(16)21/h2-9,20H,10-12H2,1H3/p+1. The minimum atomic E-state index is -0.879. The van der Waals surface area contributed by atoms with Crippen LogP contribution in [0.2, 0.25) is 0 Å². The second kappa shape index (κ2) is 7.42. The third-order valence-corrected chi connectivity index (χ3v) is 4.87. The minimum absolute atomic E-state index is 0.00272. The van der Waals surface area contributed by atoms with E-state index in [2.05, 4.69) is 10.4 Å². The molecule has 0 spiro atoms. The third kappa shape index (κ3) is 3.58. The molecule has 2 aromatic rings. The maximum absolute atomic E-state index is 13.7. The number of carbonyl (C=O) groups is 3. The molecule has 1 atom stereocenters. The van der Waals surface area contributed by atoms with Gasteiger partial charge in [0.25, 0.3) is 18.7 Å². The highest BCUT2D eigenvalue weighted by Crippen LogP contribution is 2.27. The van der Waals surface area contributed by atoms with E-state index in [4.69, 9.17) is 0 Å². The van der Waals surface area contributed by atoms with Gasteiger partial charge in [-0.2, -0.15) is 0 Å². The third-order valence-electron chi connectivity index (χ3n) is 4.87. The number of hydrogen-bond acceptors (Lipinski definition) is 5. The number of nitrogens with one attached hydrogen (secondary N) is 1. The summed E-state index contributed by atoms with van der Waals surface area (Å²) in [6.45, 7) is 2.38. The Morgan fingerprint density at radius 2 is 1.83 bits per heavy atom. The maximum Gasteiger partial charge on any atom is 0.502 e. The van der Waals surface area contributed by atoms with E-state index < -0.39 is 36.4 Å². The van der Waals surface area contributed by atoms with E-state index in [1.54, 1.807) is 6.07 Å². The van der Waals surface area contributed by atoms with Crippen LogP contribution in [-0.4, -0.2) is 53.2 Å². The first-order chi connectivity index (χ1) is 13.9. The van der Waals surface area contributed by atoms with Crippen molar-refractivity contribution in [3.8, 4) is 0 Å². The topological polar surface area (TPSA) is 85.1 Å². The van der Waals surface area contributed by atoms with Crippen LogP contribution in [0.15, 0.2) is 53.6 Å². The van der Waals surface area contributed by atoms with Crippen LogP contribution in [0.1, 0.15) is 5.56 Å². The summed E-state index contributed by atoms with van der Waals surface area (Å²) in [5.41, 5.74) is 1.96. The van der Waals surface area contributed by atoms with Gasteiger partial charge < -0.3 is 10.2 Å². The van der Waals surface area contributed by atoms with Crippen LogP contribution in [0, 0.1) is 12.7 Å². The SMILES string of the molecule is Cc1ccc(N2CCN3C(=O)C(=O)[N+](CC(=O)Nc4ccccc4F)=NC32)cc1. The predicted octanol–water partition coefficient (Wildman–Crippen LogP) is 1.71. The second-order valence-corrected chi connectivity index (χ2v) is 6.88. The number of benzene rings is 2. The van der Waals surface area contributed by atoms with E-state index in [9.17, 15) is 18.8 Å². The summed E-state index contributed by atoms with van der Waals surface area (Å²) >= 11 is 0. The molecule has 8 nitrogen and oxygen atoms in total. The van der Waals surface area contributed by atoms with Crippen LogP contribution in [0.4, 0.5) is 15.8 Å². The summed E-state index contributed by atoms with van der Waals surface area (Å²) in [6, 6.07) is 13.4. The first-order valence-corrected chi connectivity index (χ1v) is 9.15. The van der Waals surface area contributed by atoms with Crippen molar-refractivity contribution in [3.05, 3.63) is 59.9 Å². The van der Waals surface area contributed by atoms with Crippen LogP contribution in [0.25, 0.3) is 0 Å². The molecule has 3 amide bonds. The zero-order chi connectivity index (χ0) is 20.5. The molecule has 148 valence electrons. The molecule has 1 unspecified atom stereocenters. The molecule has 1 fully saturated rings. The monoisotopic (exact) mass is 396 g/mol. The van der Waals surface area contributed by atoms with E-state index in [1.165, 1.54) is 23.1 Å². The molecule has 0 saturated carbocycles. The fraction of sp³-hybridized carbons (Fsp3) is 0.250. The first-order valence-electron chi connectivity index (χ1n) is 9.15. The summed E-state index contributed by atoms with van der Waals surface area (Å²) in [4.78, 5) is 40.5. The van der Waals surface area contributed by atoms with Crippen molar-refractivity contribution in [2.75, 3.05) is 29.9 Å². The molecule has 0 radical (unpaired) electrons. The van der Waals surface area contributed by atoms with Crippen LogP contribution in [-0.2, 0) is 14.4 Å². The average Bonchev–Trinajstić information content (AvgIpc) is 3.12. The number of amides is 3. The number of carbonyl (C=O) groups excluding carboxylic acids is 3. The molecule has 2 heterocycles. The quantitative estimate of drug-likeness (QED) is 0.630. The Balaban J connectivity index is 1.56. The summed E-state index contributed by atoms with van der Waals surface area (Å²) in [5.74, 6) is -2.83. The number of halogens is 1. The van der Waals surface area contributed by atoms with Crippen molar-refractivity contribution in [1.29, 1.82) is 0 Å². The lowest BCUT2D eigenvalue weighted by Crippen LogP contribution is -2.52. The zero-order valence-electron chi connectivity index (χ0n) is 15.7. The van der Waals surface area contributed by atoms with Gasteiger partial charge in [-0.15, -0.1) is 0 Å². The van der Waals surface area contributed by atoms with Gasteiger partial charge in [0.2, 0.25) is 0 Å². The molecule has 4 rings (SSSR count). The number of para-hydroxylation sites is 1. The molecular weight excluding hydrogens is 377 g/mol. The van der Waals surface area contributed by atoms with Crippen molar-refractivity contribution in [2.45, 2.75) is 13.2 Å². The van der Waals surface area contributed by atoms with Crippen molar-refractivity contribution in [1.82, 2.24) is 4.90 Å². The smallest absolute Gasteiger partial charge is 0.326 e. The van der Waals surface area contributed by atoms with Gasteiger partial charge in [-0.05, 0) is 35.9 Å². The van der Waals surface area contributed by atoms with Crippen molar-refractivity contribution < 1.29 is 23.5 Å². The van der Waals surface area contributed by atoms with Gasteiger partial charge in [0.1, 0.15) is 5.82 Å². The highest BCUT2D eigenvalue weighted by Gasteiger charge is 2.49.